The maximum absolute atomic E-state index is 13.1. The summed E-state index contributed by atoms with van der Waals surface area (Å²) in [5, 5.41) is 3.54. The molecule has 1 aliphatic carbocycles. The third-order valence-electron chi connectivity index (χ3n) is 7.03. The molecule has 194 valence electrons. The van der Waals surface area contributed by atoms with Gasteiger partial charge in [-0.3, -0.25) is 9.69 Å². The number of carbonyl (C=O) groups is 1. The SMILES string of the molecule is Cc1nc2cc(C(=O)N[C@H]3CC[C@H](CCN4CCc5sc(OCC(C)(F)F)nc5C4)CC3)ccc2o1. The van der Waals surface area contributed by atoms with Crippen LogP contribution in [0.2, 0.25) is 0 Å². The highest BCUT2D eigenvalue weighted by Crippen LogP contribution is 2.32. The summed E-state index contributed by atoms with van der Waals surface area (Å²) < 4.78 is 36.8. The van der Waals surface area contributed by atoms with Crippen molar-refractivity contribution in [2.24, 2.45) is 5.92 Å². The first kappa shape index (κ1) is 25.1. The van der Waals surface area contributed by atoms with Crippen LogP contribution in [0.4, 0.5) is 8.78 Å². The van der Waals surface area contributed by atoms with Gasteiger partial charge in [0.05, 0.1) is 5.69 Å². The molecule has 1 saturated carbocycles. The van der Waals surface area contributed by atoms with Crippen LogP contribution in [0.5, 0.6) is 5.19 Å². The number of benzene rings is 1. The van der Waals surface area contributed by atoms with Crippen molar-refractivity contribution < 1.29 is 22.7 Å². The van der Waals surface area contributed by atoms with E-state index < -0.39 is 12.5 Å². The van der Waals surface area contributed by atoms with Crippen molar-refractivity contribution in [3.8, 4) is 5.19 Å². The highest BCUT2D eigenvalue weighted by molar-refractivity contribution is 7.13. The van der Waals surface area contributed by atoms with E-state index in [9.17, 15) is 13.6 Å². The molecule has 2 aliphatic rings. The van der Waals surface area contributed by atoms with E-state index in [0.717, 1.165) is 75.7 Å². The lowest BCUT2D eigenvalue weighted by molar-refractivity contribution is -0.0230. The van der Waals surface area contributed by atoms with Gasteiger partial charge in [-0.25, -0.2) is 18.7 Å². The second-order valence-corrected chi connectivity index (χ2v) is 11.2. The summed E-state index contributed by atoms with van der Waals surface area (Å²) in [5.74, 6) is -1.67. The molecule has 0 saturated heterocycles. The number of ether oxygens (including phenoxy) is 1. The first-order valence-electron chi connectivity index (χ1n) is 12.6. The number of halogens is 2. The molecule has 1 N–H and O–H groups in total. The summed E-state index contributed by atoms with van der Waals surface area (Å²) in [4.78, 5) is 25.1. The number of hydrogen-bond donors (Lipinski definition) is 1. The van der Waals surface area contributed by atoms with Crippen molar-refractivity contribution >= 4 is 28.3 Å². The number of aryl methyl sites for hydroxylation is 1. The number of oxazole rings is 1. The lowest BCUT2D eigenvalue weighted by Crippen LogP contribution is -2.38. The van der Waals surface area contributed by atoms with E-state index in [1.54, 1.807) is 25.1 Å². The quantitative estimate of drug-likeness (QED) is 0.432. The molecular formula is C26H32F2N4O3S. The Hall–Kier alpha value is -2.59. The molecule has 3 aromatic rings. The van der Waals surface area contributed by atoms with Gasteiger partial charge in [0.25, 0.3) is 17.0 Å². The summed E-state index contributed by atoms with van der Waals surface area (Å²) in [7, 11) is 0. The molecule has 5 rings (SSSR count). The van der Waals surface area contributed by atoms with Crippen LogP contribution in [0.3, 0.4) is 0 Å². The van der Waals surface area contributed by atoms with Crippen LogP contribution in [0, 0.1) is 12.8 Å². The molecule has 1 fully saturated rings. The fraction of sp³-hybridized carbons (Fsp3) is 0.577. The third kappa shape index (κ3) is 6.21. The van der Waals surface area contributed by atoms with Crippen LogP contribution in [0.25, 0.3) is 11.1 Å². The molecule has 1 aromatic carbocycles. The van der Waals surface area contributed by atoms with Crippen molar-refractivity contribution in [3.63, 3.8) is 0 Å². The highest BCUT2D eigenvalue weighted by Gasteiger charge is 2.27. The Bertz CT molecular complexity index is 1210. The van der Waals surface area contributed by atoms with Gasteiger partial charge in [-0.1, -0.05) is 11.3 Å². The molecule has 3 heterocycles. The summed E-state index contributed by atoms with van der Waals surface area (Å²) >= 11 is 1.39. The smallest absolute Gasteiger partial charge is 0.278 e. The zero-order valence-corrected chi connectivity index (χ0v) is 21.5. The number of hydrogen-bond acceptors (Lipinski definition) is 7. The molecule has 36 heavy (non-hydrogen) atoms. The minimum Gasteiger partial charge on any atom is -0.464 e. The van der Waals surface area contributed by atoms with E-state index in [4.69, 9.17) is 9.15 Å². The molecular weight excluding hydrogens is 486 g/mol. The fourth-order valence-corrected chi connectivity index (χ4v) is 5.99. The predicted molar refractivity (Wildman–Crippen MR) is 134 cm³/mol. The van der Waals surface area contributed by atoms with E-state index in [0.29, 0.717) is 33.7 Å². The van der Waals surface area contributed by atoms with Crippen LogP contribution in [0.15, 0.2) is 22.6 Å². The first-order valence-corrected chi connectivity index (χ1v) is 13.4. The molecule has 0 radical (unpaired) electrons. The van der Waals surface area contributed by atoms with Crippen molar-refractivity contribution in [1.29, 1.82) is 0 Å². The summed E-state index contributed by atoms with van der Waals surface area (Å²) in [6.45, 7) is 4.72. The lowest BCUT2D eigenvalue weighted by atomic mass is 9.84. The van der Waals surface area contributed by atoms with Crippen LogP contribution in [-0.4, -0.2) is 52.4 Å². The number of nitrogens with zero attached hydrogens (tertiary/aromatic N) is 3. The van der Waals surface area contributed by atoms with Crippen molar-refractivity contribution in [1.82, 2.24) is 20.2 Å². The average molecular weight is 519 g/mol. The van der Waals surface area contributed by atoms with Gasteiger partial charge < -0.3 is 14.5 Å². The zero-order valence-electron chi connectivity index (χ0n) is 20.7. The molecule has 2 aromatic heterocycles. The molecule has 7 nitrogen and oxygen atoms in total. The molecule has 0 unspecified atom stereocenters. The van der Waals surface area contributed by atoms with Gasteiger partial charge >= 0.3 is 0 Å². The maximum Gasteiger partial charge on any atom is 0.278 e. The molecule has 1 amide bonds. The predicted octanol–water partition coefficient (Wildman–Crippen LogP) is 5.36. The van der Waals surface area contributed by atoms with Gasteiger partial charge in [0.1, 0.15) is 5.52 Å². The number of aromatic nitrogens is 2. The first-order chi connectivity index (χ1) is 17.2. The van der Waals surface area contributed by atoms with E-state index in [2.05, 4.69) is 20.2 Å². The maximum atomic E-state index is 13.1. The van der Waals surface area contributed by atoms with Crippen LogP contribution >= 0.6 is 11.3 Å². The van der Waals surface area contributed by atoms with E-state index in [-0.39, 0.29) is 11.9 Å². The third-order valence-corrected chi connectivity index (χ3v) is 8.10. The van der Waals surface area contributed by atoms with Gasteiger partial charge in [-0.15, -0.1) is 0 Å². The average Bonchev–Trinajstić information content (AvgIpc) is 3.42. The fourth-order valence-electron chi connectivity index (χ4n) is 5.08. The van der Waals surface area contributed by atoms with Gasteiger partial charge in [0.15, 0.2) is 18.1 Å². The van der Waals surface area contributed by atoms with E-state index >= 15 is 0 Å². The Morgan fingerprint density at radius 1 is 1.28 bits per heavy atom. The van der Waals surface area contributed by atoms with Crippen molar-refractivity contribution in [3.05, 3.63) is 40.2 Å². The van der Waals surface area contributed by atoms with Gasteiger partial charge in [-0.05, 0) is 69.2 Å². The van der Waals surface area contributed by atoms with Crippen molar-refractivity contribution in [2.45, 2.75) is 70.9 Å². The van der Waals surface area contributed by atoms with Crippen LogP contribution in [0.1, 0.15) is 65.8 Å². The largest absolute Gasteiger partial charge is 0.464 e. The number of nitrogens with one attached hydrogen (secondary N) is 1. The van der Waals surface area contributed by atoms with Gasteiger partial charge in [-0.2, -0.15) is 0 Å². The Morgan fingerprint density at radius 2 is 2.08 bits per heavy atom. The number of thiazole rings is 1. The molecule has 0 spiro atoms. The number of fused-ring (bicyclic) bond motifs is 2. The van der Waals surface area contributed by atoms with E-state index in [1.807, 2.05) is 0 Å². The topological polar surface area (TPSA) is 80.5 Å². The molecule has 0 atom stereocenters. The monoisotopic (exact) mass is 518 g/mol. The Labute approximate surface area is 213 Å². The second-order valence-electron chi connectivity index (χ2n) is 10.1. The Kier molecular flexibility index (Phi) is 7.25. The standard InChI is InChI=1S/C26H32F2N4O3S/c1-16-29-20-13-18(5-8-22(20)35-16)24(33)30-19-6-3-17(4-7-19)9-11-32-12-10-23-21(14-32)31-25(36-23)34-15-26(2,27)28/h5,8,13,17,19H,3-4,6-7,9-12,14-15H2,1-2H3,(H,30,33)/t17-,19-. The number of rotatable bonds is 8. The van der Waals surface area contributed by atoms with Crippen molar-refractivity contribution in [2.75, 3.05) is 19.7 Å². The Balaban J connectivity index is 1.04. The minimum absolute atomic E-state index is 0.0561. The zero-order chi connectivity index (χ0) is 25.3. The van der Waals surface area contributed by atoms with Crippen LogP contribution < -0.4 is 10.1 Å². The number of carbonyl (C=O) groups excluding carboxylic acids is 1. The lowest BCUT2D eigenvalue weighted by Gasteiger charge is -2.32. The summed E-state index contributed by atoms with van der Waals surface area (Å²) in [6.07, 6.45) is 6.18. The van der Waals surface area contributed by atoms with Crippen LogP contribution in [-0.2, 0) is 13.0 Å². The second kappa shape index (κ2) is 10.4. The number of amides is 1. The Morgan fingerprint density at radius 3 is 2.86 bits per heavy atom. The normalized spacial score (nSPS) is 20.9. The van der Waals surface area contributed by atoms with Gasteiger partial charge in [0, 0.05) is 43.4 Å². The molecule has 0 bridgehead atoms. The van der Waals surface area contributed by atoms with E-state index in [1.165, 1.54) is 11.3 Å². The van der Waals surface area contributed by atoms with Gasteiger partial charge in [0.2, 0.25) is 0 Å². The molecule has 1 aliphatic heterocycles. The molecule has 10 heteroatoms. The summed E-state index contributed by atoms with van der Waals surface area (Å²) in [5.41, 5.74) is 2.98. The summed E-state index contributed by atoms with van der Waals surface area (Å²) in [6, 6.07) is 5.57. The minimum atomic E-state index is -2.86. The number of alkyl halides is 2. The highest BCUT2D eigenvalue weighted by atomic mass is 32.1.